The molecule has 3 rings (SSSR count). The number of benzene rings is 1. The van der Waals surface area contributed by atoms with E-state index in [1.54, 1.807) is 6.92 Å². The normalized spacial score (nSPS) is 11.6. The summed E-state index contributed by atoms with van der Waals surface area (Å²) in [6, 6.07) is 18.7. The Balaban J connectivity index is 0.000000200. The minimum Gasteiger partial charge on any atom is -0.875 e. The molecule has 102 valence electrons. The topological polar surface area (TPSA) is 23.1 Å². The first-order valence-corrected chi connectivity index (χ1v) is 6.27. The van der Waals surface area contributed by atoms with Gasteiger partial charge in [0, 0.05) is 0 Å². The van der Waals surface area contributed by atoms with Gasteiger partial charge in [0.25, 0.3) is 0 Å². The van der Waals surface area contributed by atoms with E-state index in [0.29, 0.717) is 0 Å². The Hall–Kier alpha value is -1.89. The molecule has 0 bridgehead atoms. The number of rotatable bonds is 1. The Kier molecular flexibility index (Phi) is 6.72. The maximum absolute atomic E-state index is 10.5. The van der Waals surface area contributed by atoms with Gasteiger partial charge < -0.3 is 5.11 Å². The third kappa shape index (κ3) is 4.65. The van der Waals surface area contributed by atoms with Crippen molar-refractivity contribution in [2.75, 3.05) is 0 Å². The maximum atomic E-state index is 10.5. The average Bonchev–Trinajstić information content (AvgIpc) is 3.14. The summed E-state index contributed by atoms with van der Waals surface area (Å²) < 4.78 is 0. The van der Waals surface area contributed by atoms with Gasteiger partial charge in [0.2, 0.25) is 0 Å². The van der Waals surface area contributed by atoms with Gasteiger partial charge in [-0.2, -0.15) is 23.8 Å². The molecule has 2 aromatic rings. The minimum atomic E-state index is 0. The fourth-order valence-electron chi connectivity index (χ4n) is 1.81. The molecule has 0 unspecified atom stereocenters. The van der Waals surface area contributed by atoms with Crippen LogP contribution in [0.3, 0.4) is 0 Å². The number of hydrogen-bond donors (Lipinski definition) is 0. The van der Waals surface area contributed by atoms with Crippen LogP contribution in [0.15, 0.2) is 90.2 Å². The summed E-state index contributed by atoms with van der Waals surface area (Å²) in [4.78, 5) is 0. The van der Waals surface area contributed by atoms with Gasteiger partial charge in [0.15, 0.2) is 0 Å². The van der Waals surface area contributed by atoms with E-state index < -0.39 is 0 Å². The van der Waals surface area contributed by atoms with Crippen LogP contribution < -0.4 is 5.11 Å². The Labute approximate surface area is 130 Å². The number of allylic oxidation sites excluding steroid dienone is 6. The zero-order valence-electron chi connectivity index (χ0n) is 11.3. The summed E-state index contributed by atoms with van der Waals surface area (Å²) in [5.74, 6) is 0.134. The third-order valence-electron chi connectivity index (χ3n) is 2.84. The summed E-state index contributed by atoms with van der Waals surface area (Å²) in [7, 11) is 0. The molecule has 0 radical (unpaired) electrons. The van der Waals surface area contributed by atoms with Crippen molar-refractivity contribution in [3.8, 4) is 11.1 Å². The van der Waals surface area contributed by atoms with Crippen molar-refractivity contribution in [2.24, 2.45) is 0 Å². The standard InChI is InChI=1S/C11H9.C7H8O.Fe/c1-2-6-10(7-3-1)11-8-4-5-9-11;1-6(8)7-4-2-3-5-7;/h1-9H;2-5,8H,1H3;/q-1;;+2/p-1. The van der Waals surface area contributed by atoms with Crippen LogP contribution in [-0.2, 0) is 17.1 Å². The van der Waals surface area contributed by atoms with E-state index in [4.69, 9.17) is 0 Å². The molecule has 0 N–H and O–H groups in total. The average molecular weight is 304 g/mol. The van der Waals surface area contributed by atoms with Gasteiger partial charge in [-0.3, -0.25) is 0 Å². The van der Waals surface area contributed by atoms with Gasteiger partial charge >= 0.3 is 17.1 Å². The Morgan fingerprint density at radius 3 is 2.05 bits per heavy atom. The minimum absolute atomic E-state index is 0. The van der Waals surface area contributed by atoms with Crippen molar-refractivity contribution in [3.05, 3.63) is 90.2 Å². The van der Waals surface area contributed by atoms with Crippen molar-refractivity contribution < 1.29 is 22.2 Å². The van der Waals surface area contributed by atoms with Gasteiger partial charge in [0.05, 0.1) is 0 Å². The van der Waals surface area contributed by atoms with Crippen LogP contribution >= 0.6 is 0 Å². The molecular formula is C18H16FeO. The predicted molar refractivity (Wildman–Crippen MR) is 78.5 cm³/mol. The quantitative estimate of drug-likeness (QED) is 0.446. The SMILES string of the molecule is CC([O-])=C1C=CC=C1.[Fe+2].c1ccc(-c2ccc[cH-]2)cc1. The molecule has 0 heterocycles. The third-order valence-corrected chi connectivity index (χ3v) is 2.84. The van der Waals surface area contributed by atoms with E-state index in [2.05, 4.69) is 48.5 Å². The van der Waals surface area contributed by atoms with Crippen molar-refractivity contribution in [3.63, 3.8) is 0 Å². The summed E-state index contributed by atoms with van der Waals surface area (Å²) >= 11 is 0. The molecule has 0 aliphatic heterocycles. The molecule has 0 aromatic heterocycles. The van der Waals surface area contributed by atoms with E-state index in [0.717, 1.165) is 5.57 Å². The van der Waals surface area contributed by atoms with Crippen molar-refractivity contribution in [1.82, 2.24) is 0 Å². The van der Waals surface area contributed by atoms with Crippen molar-refractivity contribution in [2.45, 2.75) is 6.92 Å². The van der Waals surface area contributed by atoms with E-state index >= 15 is 0 Å². The zero-order valence-corrected chi connectivity index (χ0v) is 12.4. The predicted octanol–water partition coefficient (Wildman–Crippen LogP) is 3.82. The molecule has 0 saturated heterocycles. The maximum Gasteiger partial charge on any atom is 2.00 e. The first-order chi connectivity index (χ1) is 9.27. The van der Waals surface area contributed by atoms with Crippen LogP contribution in [0.1, 0.15) is 6.92 Å². The molecule has 20 heavy (non-hydrogen) atoms. The van der Waals surface area contributed by atoms with Crippen molar-refractivity contribution >= 4 is 0 Å². The van der Waals surface area contributed by atoms with Crippen LogP contribution in [0.5, 0.6) is 0 Å². The molecule has 2 heteroatoms. The number of hydrogen-bond acceptors (Lipinski definition) is 1. The molecule has 2 aromatic carbocycles. The molecule has 1 nitrogen and oxygen atoms in total. The second-order valence-corrected chi connectivity index (χ2v) is 4.27. The second-order valence-electron chi connectivity index (χ2n) is 4.27. The molecule has 0 atom stereocenters. The molecule has 0 amide bonds. The van der Waals surface area contributed by atoms with E-state index in [-0.39, 0.29) is 22.8 Å². The van der Waals surface area contributed by atoms with Gasteiger partial charge in [-0.15, -0.1) is 17.4 Å². The second kappa shape index (κ2) is 8.31. The van der Waals surface area contributed by atoms with Crippen LogP contribution in [-0.4, -0.2) is 0 Å². The Morgan fingerprint density at radius 1 is 0.950 bits per heavy atom. The van der Waals surface area contributed by atoms with E-state index in [1.807, 2.05) is 30.4 Å². The molecule has 1 aliphatic rings. The smallest absolute Gasteiger partial charge is 0.875 e. The molecule has 0 spiro atoms. The van der Waals surface area contributed by atoms with Crippen molar-refractivity contribution in [1.29, 1.82) is 0 Å². The molecule has 1 aliphatic carbocycles. The van der Waals surface area contributed by atoms with Gasteiger partial charge in [-0.1, -0.05) is 61.6 Å². The largest absolute Gasteiger partial charge is 2.00 e. The summed E-state index contributed by atoms with van der Waals surface area (Å²) in [6.07, 6.45) is 7.33. The van der Waals surface area contributed by atoms with E-state index in [9.17, 15) is 5.11 Å². The zero-order chi connectivity index (χ0) is 13.5. The van der Waals surface area contributed by atoms with Crippen LogP contribution in [0.25, 0.3) is 11.1 Å². The molecule has 0 fully saturated rings. The van der Waals surface area contributed by atoms with Gasteiger partial charge in [-0.25, -0.2) is 0 Å². The van der Waals surface area contributed by atoms with Crippen LogP contribution in [0.4, 0.5) is 0 Å². The first-order valence-electron chi connectivity index (χ1n) is 6.27. The van der Waals surface area contributed by atoms with Crippen LogP contribution in [0, 0.1) is 0 Å². The monoisotopic (exact) mass is 304 g/mol. The Bertz CT molecular complexity index is 572. The van der Waals surface area contributed by atoms with Gasteiger partial charge in [0.1, 0.15) is 0 Å². The van der Waals surface area contributed by atoms with E-state index in [1.165, 1.54) is 11.1 Å². The summed E-state index contributed by atoms with van der Waals surface area (Å²) in [5.41, 5.74) is 3.38. The molecule has 0 saturated carbocycles. The van der Waals surface area contributed by atoms with Gasteiger partial charge in [-0.05, 0) is 5.57 Å². The first kappa shape index (κ1) is 16.2. The summed E-state index contributed by atoms with van der Waals surface area (Å²) in [6.45, 7) is 1.56. The van der Waals surface area contributed by atoms with Crippen LogP contribution in [0.2, 0.25) is 0 Å². The summed E-state index contributed by atoms with van der Waals surface area (Å²) in [5, 5.41) is 10.5. The molecular weight excluding hydrogens is 288 g/mol. The Morgan fingerprint density at radius 2 is 1.60 bits per heavy atom. The fraction of sp³-hybridized carbons (Fsp3) is 0.0556. The fourth-order valence-corrected chi connectivity index (χ4v) is 1.81.